The Balaban J connectivity index is 1.10. The van der Waals surface area contributed by atoms with Crippen molar-refractivity contribution in [2.45, 2.75) is 0 Å². The standard InChI is InChI=1S/C48H29NS/c1-2-11-33(12-3-1)49-45-19-8-6-15-38(45)44-28-42-37-26-25-32(27-41(37)35-13-4-5-14-36(35)43(42)29-46(44)49)30-21-23-31(24-22-30)34-17-10-18-40-39-16-7-9-20-47(39)50-48(34)40/h1-29H. The van der Waals surface area contributed by atoms with Gasteiger partial charge in [0, 0.05) is 36.6 Å². The van der Waals surface area contributed by atoms with Gasteiger partial charge in [0.25, 0.3) is 0 Å². The Hall–Kier alpha value is -6.22. The second-order valence-corrected chi connectivity index (χ2v) is 14.3. The summed E-state index contributed by atoms with van der Waals surface area (Å²) in [4.78, 5) is 0. The molecule has 11 aromatic rings. The van der Waals surface area contributed by atoms with E-state index in [2.05, 4.69) is 180 Å². The van der Waals surface area contributed by atoms with E-state index in [1.54, 1.807) is 0 Å². The van der Waals surface area contributed by atoms with E-state index < -0.39 is 0 Å². The topological polar surface area (TPSA) is 4.93 Å². The van der Waals surface area contributed by atoms with Gasteiger partial charge < -0.3 is 4.57 Å². The Morgan fingerprint density at radius 3 is 1.74 bits per heavy atom. The molecule has 11 rings (SSSR count). The summed E-state index contributed by atoms with van der Waals surface area (Å²) < 4.78 is 5.11. The summed E-state index contributed by atoms with van der Waals surface area (Å²) in [5.41, 5.74) is 8.65. The van der Waals surface area contributed by atoms with Crippen molar-refractivity contribution in [1.29, 1.82) is 0 Å². The van der Waals surface area contributed by atoms with E-state index in [-0.39, 0.29) is 0 Å². The molecule has 0 spiro atoms. The zero-order valence-corrected chi connectivity index (χ0v) is 27.9. The molecule has 2 aromatic heterocycles. The summed E-state index contributed by atoms with van der Waals surface area (Å²) in [6.07, 6.45) is 0. The van der Waals surface area contributed by atoms with Gasteiger partial charge in [-0.1, -0.05) is 133 Å². The van der Waals surface area contributed by atoms with Crippen LogP contribution >= 0.6 is 11.3 Å². The molecule has 0 atom stereocenters. The van der Waals surface area contributed by atoms with Crippen LogP contribution in [0.5, 0.6) is 0 Å². The number of thiophene rings is 1. The average molecular weight is 652 g/mol. The fraction of sp³-hybridized carbons (Fsp3) is 0. The lowest BCUT2D eigenvalue weighted by Crippen LogP contribution is -1.93. The number of hydrogen-bond donors (Lipinski definition) is 0. The SMILES string of the molecule is c1ccc(-n2c3ccccc3c3cc4c5ccc(-c6ccc(-c7cccc8c7sc7ccccc78)cc6)cc5c5ccccc5c4cc32)cc1. The van der Waals surface area contributed by atoms with E-state index in [9.17, 15) is 0 Å². The van der Waals surface area contributed by atoms with Crippen molar-refractivity contribution in [2.24, 2.45) is 0 Å². The summed E-state index contributed by atoms with van der Waals surface area (Å²) in [7, 11) is 0. The third-order valence-electron chi connectivity index (χ3n) is 10.6. The van der Waals surface area contributed by atoms with Crippen LogP contribution in [0.15, 0.2) is 176 Å². The molecule has 0 amide bonds. The number of fused-ring (bicyclic) bond motifs is 12. The summed E-state index contributed by atoms with van der Waals surface area (Å²) in [6.45, 7) is 0. The van der Waals surface area contributed by atoms with Crippen molar-refractivity contribution < 1.29 is 0 Å². The quantitative estimate of drug-likeness (QED) is 0.168. The lowest BCUT2D eigenvalue weighted by molar-refractivity contribution is 1.18. The molecule has 0 aliphatic rings. The van der Waals surface area contributed by atoms with Gasteiger partial charge in [-0.3, -0.25) is 0 Å². The van der Waals surface area contributed by atoms with E-state index in [4.69, 9.17) is 0 Å². The first-order valence-corrected chi connectivity index (χ1v) is 18.0. The zero-order valence-electron chi connectivity index (χ0n) is 27.1. The first-order valence-electron chi connectivity index (χ1n) is 17.2. The Labute approximate surface area is 292 Å². The van der Waals surface area contributed by atoms with Crippen molar-refractivity contribution in [3.05, 3.63) is 176 Å². The Kier molecular flexibility index (Phi) is 5.89. The van der Waals surface area contributed by atoms with Gasteiger partial charge in [-0.2, -0.15) is 0 Å². The third-order valence-corrected chi connectivity index (χ3v) is 11.8. The van der Waals surface area contributed by atoms with Crippen LogP contribution in [0.4, 0.5) is 0 Å². The molecule has 0 unspecified atom stereocenters. The van der Waals surface area contributed by atoms with E-state index in [0.29, 0.717) is 0 Å². The van der Waals surface area contributed by atoms with Crippen molar-refractivity contribution in [1.82, 2.24) is 4.57 Å². The monoisotopic (exact) mass is 651 g/mol. The van der Waals surface area contributed by atoms with Crippen LogP contribution in [0.3, 0.4) is 0 Å². The van der Waals surface area contributed by atoms with Crippen molar-refractivity contribution in [3.63, 3.8) is 0 Å². The van der Waals surface area contributed by atoms with Crippen LogP contribution in [0.1, 0.15) is 0 Å². The van der Waals surface area contributed by atoms with Crippen molar-refractivity contribution in [3.8, 4) is 27.9 Å². The summed E-state index contributed by atoms with van der Waals surface area (Å²) in [6, 6.07) is 64.9. The van der Waals surface area contributed by atoms with Crippen molar-refractivity contribution >= 4 is 85.6 Å². The number of aromatic nitrogens is 1. The van der Waals surface area contributed by atoms with Gasteiger partial charge in [0.15, 0.2) is 0 Å². The molecule has 2 heteroatoms. The number of benzene rings is 9. The van der Waals surface area contributed by atoms with E-state index in [1.165, 1.54) is 102 Å². The molecule has 9 aromatic carbocycles. The first-order chi connectivity index (χ1) is 24.8. The number of rotatable bonds is 3. The molecular formula is C48H29NS. The van der Waals surface area contributed by atoms with Crippen LogP contribution in [0, 0.1) is 0 Å². The minimum absolute atomic E-state index is 1.18. The maximum absolute atomic E-state index is 2.43. The Bertz CT molecular complexity index is 3130. The molecule has 0 aliphatic heterocycles. The molecule has 232 valence electrons. The van der Waals surface area contributed by atoms with Crippen molar-refractivity contribution in [2.75, 3.05) is 0 Å². The maximum Gasteiger partial charge on any atom is 0.0547 e. The van der Waals surface area contributed by atoms with Gasteiger partial charge in [0.05, 0.1) is 11.0 Å². The largest absolute Gasteiger partial charge is 0.309 e. The first kappa shape index (κ1) is 27.7. The van der Waals surface area contributed by atoms with E-state index in [0.717, 1.165) is 0 Å². The molecule has 0 N–H and O–H groups in total. The van der Waals surface area contributed by atoms with Crippen LogP contribution in [-0.4, -0.2) is 4.57 Å². The van der Waals surface area contributed by atoms with Gasteiger partial charge in [-0.25, -0.2) is 0 Å². The van der Waals surface area contributed by atoms with Crippen LogP contribution in [0.2, 0.25) is 0 Å². The zero-order chi connectivity index (χ0) is 32.8. The number of para-hydroxylation sites is 2. The summed E-state index contributed by atoms with van der Waals surface area (Å²) in [5, 5.41) is 12.9. The van der Waals surface area contributed by atoms with Gasteiger partial charge >= 0.3 is 0 Å². The lowest BCUT2D eigenvalue weighted by atomic mass is 9.91. The molecule has 0 saturated heterocycles. The minimum Gasteiger partial charge on any atom is -0.309 e. The van der Waals surface area contributed by atoms with Crippen LogP contribution in [0.25, 0.3) is 102 Å². The second-order valence-electron chi connectivity index (χ2n) is 13.3. The fourth-order valence-corrected chi connectivity index (χ4v) is 9.51. The molecule has 50 heavy (non-hydrogen) atoms. The van der Waals surface area contributed by atoms with Gasteiger partial charge in [0.2, 0.25) is 0 Å². The van der Waals surface area contributed by atoms with E-state index >= 15 is 0 Å². The molecule has 0 aliphatic carbocycles. The van der Waals surface area contributed by atoms with Crippen LogP contribution in [-0.2, 0) is 0 Å². The third kappa shape index (κ3) is 4.00. The molecule has 0 saturated carbocycles. The molecular weight excluding hydrogens is 623 g/mol. The highest BCUT2D eigenvalue weighted by Gasteiger charge is 2.17. The molecule has 0 radical (unpaired) electrons. The predicted octanol–water partition coefficient (Wildman–Crippen LogP) is 13.9. The average Bonchev–Trinajstić information content (AvgIpc) is 3.73. The predicted molar refractivity (Wildman–Crippen MR) is 217 cm³/mol. The molecule has 0 fully saturated rings. The Morgan fingerprint density at radius 2 is 0.920 bits per heavy atom. The number of nitrogens with zero attached hydrogens (tertiary/aromatic N) is 1. The number of hydrogen-bond acceptors (Lipinski definition) is 1. The second kappa shape index (κ2) is 10.6. The summed E-state index contributed by atoms with van der Waals surface area (Å²) >= 11 is 1.89. The maximum atomic E-state index is 2.43. The molecule has 0 bridgehead atoms. The van der Waals surface area contributed by atoms with Gasteiger partial charge in [-0.05, 0) is 97.0 Å². The highest BCUT2D eigenvalue weighted by molar-refractivity contribution is 7.26. The van der Waals surface area contributed by atoms with Gasteiger partial charge in [0.1, 0.15) is 0 Å². The fourth-order valence-electron chi connectivity index (χ4n) is 8.27. The molecule has 2 heterocycles. The normalized spacial score (nSPS) is 12.0. The van der Waals surface area contributed by atoms with Crippen LogP contribution < -0.4 is 0 Å². The Morgan fingerprint density at radius 1 is 0.320 bits per heavy atom. The lowest BCUT2D eigenvalue weighted by Gasteiger charge is -2.14. The molecule has 1 nitrogen and oxygen atoms in total. The minimum atomic E-state index is 1.18. The van der Waals surface area contributed by atoms with Gasteiger partial charge in [-0.15, -0.1) is 11.3 Å². The highest BCUT2D eigenvalue weighted by atomic mass is 32.1. The van der Waals surface area contributed by atoms with E-state index in [1.807, 2.05) is 11.3 Å². The highest BCUT2D eigenvalue weighted by Crippen LogP contribution is 2.43. The summed E-state index contributed by atoms with van der Waals surface area (Å²) in [5.74, 6) is 0. The smallest absolute Gasteiger partial charge is 0.0547 e.